The summed E-state index contributed by atoms with van der Waals surface area (Å²) in [5.41, 5.74) is 0.451. The van der Waals surface area contributed by atoms with Gasteiger partial charge in [-0.15, -0.1) is 0 Å². The van der Waals surface area contributed by atoms with Crippen molar-refractivity contribution in [3.05, 3.63) is 35.9 Å². The molecule has 2 rings (SSSR count). The van der Waals surface area contributed by atoms with Crippen LogP contribution in [0.4, 0.5) is 0 Å². The van der Waals surface area contributed by atoms with E-state index < -0.39 is 5.97 Å². The second kappa shape index (κ2) is 3.49. The molecule has 1 aliphatic heterocycles. The molecule has 0 unspecified atom stereocenters. The van der Waals surface area contributed by atoms with Crippen molar-refractivity contribution in [1.29, 1.82) is 0 Å². The molecule has 0 saturated carbocycles. The first-order valence-corrected chi connectivity index (χ1v) is 4.35. The van der Waals surface area contributed by atoms with Gasteiger partial charge in [0.2, 0.25) is 0 Å². The Bertz CT molecular complexity index is 361. The number of hydroxylamine groups is 2. The molecule has 4 nitrogen and oxygen atoms in total. The first kappa shape index (κ1) is 8.74. The largest absolute Gasteiger partial charge is 0.363 e. The highest BCUT2D eigenvalue weighted by molar-refractivity contribution is 5.91. The van der Waals surface area contributed by atoms with Gasteiger partial charge in [0, 0.05) is 0 Å². The fourth-order valence-corrected chi connectivity index (χ4v) is 1.12. The summed E-state index contributed by atoms with van der Waals surface area (Å²) in [5.74, 6) is -0.632. The lowest BCUT2D eigenvalue weighted by Crippen LogP contribution is -2.44. The average Bonchev–Trinajstić information content (AvgIpc) is 2.24. The van der Waals surface area contributed by atoms with Gasteiger partial charge in [0.25, 0.3) is 5.91 Å². The van der Waals surface area contributed by atoms with Crippen molar-refractivity contribution in [3.8, 4) is 0 Å². The fourth-order valence-electron chi connectivity index (χ4n) is 1.12. The Morgan fingerprint density at radius 2 is 2.00 bits per heavy atom. The quantitative estimate of drug-likeness (QED) is 0.655. The van der Waals surface area contributed by atoms with E-state index in [0.29, 0.717) is 18.5 Å². The zero-order valence-electron chi connectivity index (χ0n) is 7.47. The summed E-state index contributed by atoms with van der Waals surface area (Å²) in [6.45, 7) is 0.497. The summed E-state index contributed by atoms with van der Waals surface area (Å²) in [6, 6.07) is 8.59. The van der Waals surface area contributed by atoms with Gasteiger partial charge in [-0.2, -0.15) is 5.06 Å². The zero-order valence-corrected chi connectivity index (χ0v) is 7.47. The van der Waals surface area contributed by atoms with Crippen LogP contribution in [0, 0.1) is 0 Å². The predicted molar refractivity (Wildman–Crippen MR) is 48.2 cm³/mol. The molecule has 0 aromatic heterocycles. The van der Waals surface area contributed by atoms with E-state index in [9.17, 15) is 9.59 Å². The predicted octanol–water partition coefficient (Wildman–Crippen LogP) is 0.991. The van der Waals surface area contributed by atoms with Gasteiger partial charge in [0.05, 0.1) is 18.5 Å². The van der Waals surface area contributed by atoms with Crippen molar-refractivity contribution in [2.45, 2.75) is 6.42 Å². The molecule has 1 amide bonds. The number of rotatable bonds is 2. The number of β-lactam (4-membered cyclic amide) rings is 1. The molecule has 0 bridgehead atoms. The van der Waals surface area contributed by atoms with Gasteiger partial charge < -0.3 is 4.84 Å². The third kappa shape index (κ3) is 1.59. The van der Waals surface area contributed by atoms with Gasteiger partial charge in [-0.1, -0.05) is 18.2 Å². The van der Waals surface area contributed by atoms with Crippen LogP contribution < -0.4 is 0 Å². The number of hydrogen-bond acceptors (Lipinski definition) is 3. The summed E-state index contributed by atoms with van der Waals surface area (Å²) in [6.07, 6.45) is 0.460. The van der Waals surface area contributed by atoms with E-state index in [4.69, 9.17) is 4.84 Å². The summed E-state index contributed by atoms with van der Waals surface area (Å²) in [4.78, 5) is 27.1. The second-order valence-corrected chi connectivity index (χ2v) is 2.99. The Kier molecular flexibility index (Phi) is 2.18. The van der Waals surface area contributed by atoms with Crippen LogP contribution in [0.1, 0.15) is 16.8 Å². The second-order valence-electron chi connectivity index (χ2n) is 2.99. The van der Waals surface area contributed by atoms with Gasteiger partial charge in [-0.3, -0.25) is 4.79 Å². The Balaban J connectivity index is 1.99. The van der Waals surface area contributed by atoms with Crippen molar-refractivity contribution >= 4 is 11.9 Å². The monoisotopic (exact) mass is 191 g/mol. The lowest BCUT2D eigenvalue weighted by atomic mass is 10.2. The van der Waals surface area contributed by atoms with E-state index >= 15 is 0 Å². The van der Waals surface area contributed by atoms with Gasteiger partial charge in [0.1, 0.15) is 0 Å². The molecular formula is C10H9NO3. The van der Waals surface area contributed by atoms with Crippen molar-refractivity contribution in [2.75, 3.05) is 6.54 Å². The van der Waals surface area contributed by atoms with Gasteiger partial charge in [0.15, 0.2) is 0 Å². The molecule has 1 aromatic rings. The third-order valence-corrected chi connectivity index (χ3v) is 2.01. The van der Waals surface area contributed by atoms with Crippen molar-refractivity contribution in [2.24, 2.45) is 0 Å². The fraction of sp³-hybridized carbons (Fsp3) is 0.200. The number of carbonyl (C=O) groups is 2. The van der Waals surface area contributed by atoms with Crippen molar-refractivity contribution in [3.63, 3.8) is 0 Å². The van der Waals surface area contributed by atoms with Crippen LogP contribution in [-0.4, -0.2) is 23.5 Å². The number of nitrogens with zero attached hydrogens (tertiary/aromatic N) is 1. The SMILES string of the molecule is O=C(ON1CCC1=O)c1ccccc1. The first-order valence-electron chi connectivity index (χ1n) is 4.35. The molecule has 1 heterocycles. The molecule has 1 saturated heterocycles. The normalized spacial score (nSPS) is 14.9. The topological polar surface area (TPSA) is 46.6 Å². The molecule has 0 radical (unpaired) electrons. The highest BCUT2D eigenvalue weighted by atomic mass is 16.7. The maximum absolute atomic E-state index is 11.4. The molecule has 72 valence electrons. The molecule has 1 aromatic carbocycles. The summed E-state index contributed by atoms with van der Waals surface area (Å²) in [7, 11) is 0. The van der Waals surface area contributed by atoms with Crippen LogP contribution in [-0.2, 0) is 9.63 Å². The molecule has 0 atom stereocenters. The van der Waals surface area contributed by atoms with Crippen LogP contribution in [0.25, 0.3) is 0 Å². The standard InChI is InChI=1S/C10H9NO3/c12-9-6-7-11(9)14-10(13)8-4-2-1-3-5-8/h1-5H,6-7H2. The maximum Gasteiger partial charge on any atom is 0.363 e. The minimum atomic E-state index is -0.487. The van der Waals surface area contributed by atoms with E-state index in [1.165, 1.54) is 0 Å². The van der Waals surface area contributed by atoms with Crippen LogP contribution in [0.3, 0.4) is 0 Å². The summed E-state index contributed by atoms with van der Waals surface area (Å²) >= 11 is 0. The van der Waals surface area contributed by atoms with Gasteiger partial charge >= 0.3 is 5.97 Å². The van der Waals surface area contributed by atoms with Crippen LogP contribution in [0.2, 0.25) is 0 Å². The molecule has 1 aliphatic rings. The number of carbonyl (C=O) groups excluding carboxylic acids is 2. The van der Waals surface area contributed by atoms with E-state index in [2.05, 4.69) is 0 Å². The lowest BCUT2D eigenvalue weighted by Gasteiger charge is -2.27. The molecular weight excluding hydrogens is 182 g/mol. The maximum atomic E-state index is 11.4. The molecule has 4 heteroatoms. The van der Waals surface area contributed by atoms with Crippen molar-refractivity contribution < 1.29 is 14.4 Å². The minimum Gasteiger partial charge on any atom is -0.333 e. The Morgan fingerprint density at radius 1 is 1.29 bits per heavy atom. The lowest BCUT2D eigenvalue weighted by molar-refractivity contribution is -0.185. The van der Waals surface area contributed by atoms with E-state index in [0.717, 1.165) is 5.06 Å². The third-order valence-electron chi connectivity index (χ3n) is 2.01. The summed E-state index contributed by atoms with van der Waals surface area (Å²) < 4.78 is 0. The molecule has 0 spiro atoms. The Labute approximate surface area is 81.0 Å². The molecule has 14 heavy (non-hydrogen) atoms. The Hall–Kier alpha value is -1.84. The molecule has 0 aliphatic carbocycles. The first-order chi connectivity index (χ1) is 6.77. The molecule has 1 fully saturated rings. The zero-order chi connectivity index (χ0) is 9.97. The van der Waals surface area contributed by atoms with E-state index in [1.807, 2.05) is 6.07 Å². The van der Waals surface area contributed by atoms with Crippen molar-refractivity contribution in [1.82, 2.24) is 5.06 Å². The van der Waals surface area contributed by atoms with Gasteiger partial charge in [-0.05, 0) is 12.1 Å². The number of amides is 1. The van der Waals surface area contributed by atoms with E-state index in [1.54, 1.807) is 24.3 Å². The van der Waals surface area contributed by atoms with E-state index in [-0.39, 0.29) is 5.91 Å². The van der Waals surface area contributed by atoms with Crippen LogP contribution in [0.5, 0.6) is 0 Å². The molecule has 0 N–H and O–H groups in total. The smallest absolute Gasteiger partial charge is 0.333 e. The van der Waals surface area contributed by atoms with Gasteiger partial charge in [-0.25, -0.2) is 4.79 Å². The number of benzene rings is 1. The number of hydrogen-bond donors (Lipinski definition) is 0. The highest BCUT2D eigenvalue weighted by Crippen LogP contribution is 2.11. The highest BCUT2D eigenvalue weighted by Gasteiger charge is 2.28. The van der Waals surface area contributed by atoms with Crippen LogP contribution >= 0.6 is 0 Å². The van der Waals surface area contributed by atoms with Crippen LogP contribution in [0.15, 0.2) is 30.3 Å². The average molecular weight is 191 g/mol. The minimum absolute atomic E-state index is 0.144. The Morgan fingerprint density at radius 3 is 2.50 bits per heavy atom. The summed E-state index contributed by atoms with van der Waals surface area (Å²) in [5, 5.41) is 1.08.